The summed E-state index contributed by atoms with van der Waals surface area (Å²) in [5, 5.41) is 3.02. The molecule has 33 heavy (non-hydrogen) atoms. The fraction of sp³-hybridized carbons (Fsp3) is 0.391. The van der Waals surface area contributed by atoms with E-state index in [1.54, 1.807) is 31.2 Å². The molecular formula is C23H27ClN2O6S. The maximum absolute atomic E-state index is 13.1. The van der Waals surface area contributed by atoms with Gasteiger partial charge < -0.3 is 14.8 Å². The number of benzene rings is 2. The van der Waals surface area contributed by atoms with Gasteiger partial charge in [0.1, 0.15) is 5.75 Å². The Morgan fingerprint density at radius 2 is 1.85 bits per heavy atom. The van der Waals surface area contributed by atoms with E-state index in [0.29, 0.717) is 43.0 Å². The number of halogens is 1. The SMILES string of the molecule is CCOC(=O)c1ccc(NC(=O)[C@@H]2CCCN(S(=O)(=O)c3ccc(OCC)c(Cl)c3)C2)cc1. The van der Waals surface area contributed by atoms with Gasteiger partial charge in [-0.05, 0) is 69.2 Å². The van der Waals surface area contributed by atoms with Crippen molar-refractivity contribution in [3.8, 4) is 5.75 Å². The number of sulfonamides is 1. The first kappa shape index (κ1) is 25.0. The largest absolute Gasteiger partial charge is 0.492 e. The summed E-state index contributed by atoms with van der Waals surface area (Å²) in [4.78, 5) is 24.6. The third kappa shape index (κ3) is 6.04. The Kier molecular flexibility index (Phi) is 8.34. The van der Waals surface area contributed by atoms with Crippen molar-refractivity contribution in [1.82, 2.24) is 4.31 Å². The maximum Gasteiger partial charge on any atom is 0.338 e. The summed E-state index contributed by atoms with van der Waals surface area (Å²) in [6, 6.07) is 10.7. The van der Waals surface area contributed by atoms with Crippen molar-refractivity contribution in [2.24, 2.45) is 5.92 Å². The molecule has 1 N–H and O–H groups in total. The molecule has 1 amide bonds. The number of nitrogens with zero attached hydrogens (tertiary/aromatic N) is 1. The molecule has 0 aromatic heterocycles. The van der Waals surface area contributed by atoms with Crippen molar-refractivity contribution in [3.05, 3.63) is 53.1 Å². The number of nitrogens with one attached hydrogen (secondary N) is 1. The predicted molar refractivity (Wildman–Crippen MR) is 125 cm³/mol. The van der Waals surface area contributed by atoms with E-state index in [2.05, 4.69) is 5.32 Å². The lowest BCUT2D eigenvalue weighted by Gasteiger charge is -2.31. The number of hydrogen-bond donors (Lipinski definition) is 1. The minimum Gasteiger partial charge on any atom is -0.492 e. The number of carbonyl (C=O) groups excluding carboxylic acids is 2. The van der Waals surface area contributed by atoms with Crippen LogP contribution in [-0.2, 0) is 19.6 Å². The van der Waals surface area contributed by atoms with Gasteiger partial charge in [-0.25, -0.2) is 13.2 Å². The van der Waals surface area contributed by atoms with Gasteiger partial charge in [0.25, 0.3) is 0 Å². The lowest BCUT2D eigenvalue weighted by Crippen LogP contribution is -2.43. The third-order valence-electron chi connectivity index (χ3n) is 5.26. The first-order valence-corrected chi connectivity index (χ1v) is 12.6. The molecule has 0 aliphatic carbocycles. The van der Waals surface area contributed by atoms with Crippen LogP contribution in [0.2, 0.25) is 5.02 Å². The molecule has 1 heterocycles. The zero-order chi connectivity index (χ0) is 24.0. The van der Waals surface area contributed by atoms with Crippen LogP contribution in [0.15, 0.2) is 47.4 Å². The lowest BCUT2D eigenvalue weighted by atomic mass is 9.98. The van der Waals surface area contributed by atoms with E-state index in [0.717, 1.165) is 0 Å². The highest BCUT2D eigenvalue weighted by molar-refractivity contribution is 7.89. The fourth-order valence-corrected chi connectivity index (χ4v) is 5.44. The zero-order valence-electron chi connectivity index (χ0n) is 18.5. The number of rotatable bonds is 8. The topological polar surface area (TPSA) is 102 Å². The number of ether oxygens (including phenoxy) is 2. The molecule has 10 heteroatoms. The van der Waals surface area contributed by atoms with Gasteiger partial charge in [-0.3, -0.25) is 4.79 Å². The highest BCUT2D eigenvalue weighted by atomic mass is 35.5. The van der Waals surface area contributed by atoms with E-state index >= 15 is 0 Å². The van der Waals surface area contributed by atoms with Crippen LogP contribution in [-0.4, -0.2) is 50.9 Å². The van der Waals surface area contributed by atoms with Crippen molar-refractivity contribution in [2.45, 2.75) is 31.6 Å². The van der Waals surface area contributed by atoms with Crippen molar-refractivity contribution >= 4 is 39.2 Å². The summed E-state index contributed by atoms with van der Waals surface area (Å²) in [5.74, 6) is -0.791. The molecule has 8 nitrogen and oxygen atoms in total. The Morgan fingerprint density at radius 1 is 1.12 bits per heavy atom. The quantitative estimate of drug-likeness (QED) is 0.557. The van der Waals surface area contributed by atoms with E-state index < -0.39 is 21.9 Å². The summed E-state index contributed by atoms with van der Waals surface area (Å²) in [6.07, 6.45) is 1.13. The normalized spacial score (nSPS) is 16.8. The molecule has 0 bridgehead atoms. The highest BCUT2D eigenvalue weighted by Crippen LogP contribution is 2.30. The van der Waals surface area contributed by atoms with Crippen LogP contribution >= 0.6 is 11.6 Å². The second-order valence-corrected chi connectivity index (χ2v) is 9.86. The molecular weight excluding hydrogens is 468 g/mol. The minimum absolute atomic E-state index is 0.0616. The Bertz CT molecular complexity index is 1100. The van der Waals surface area contributed by atoms with Gasteiger partial charge in [0.15, 0.2) is 0 Å². The number of amides is 1. The Morgan fingerprint density at radius 3 is 2.48 bits per heavy atom. The van der Waals surface area contributed by atoms with Crippen molar-refractivity contribution in [1.29, 1.82) is 0 Å². The highest BCUT2D eigenvalue weighted by Gasteiger charge is 2.33. The molecule has 3 rings (SSSR count). The number of piperidine rings is 1. The standard InChI is InChI=1S/C23H27ClN2O6S/c1-3-31-21-12-11-19(14-20(21)24)33(29,30)26-13-5-6-17(15-26)22(27)25-18-9-7-16(8-10-18)23(28)32-4-2/h7-12,14,17H,3-6,13,15H2,1-2H3,(H,25,27)/t17-/m1/s1. The third-order valence-corrected chi connectivity index (χ3v) is 7.42. The second-order valence-electron chi connectivity index (χ2n) is 7.51. The Hall–Kier alpha value is -2.62. The number of hydrogen-bond acceptors (Lipinski definition) is 6. The molecule has 1 saturated heterocycles. The van der Waals surface area contributed by atoms with Gasteiger partial charge in [0.05, 0.1) is 34.6 Å². The van der Waals surface area contributed by atoms with Crippen LogP contribution in [0.1, 0.15) is 37.0 Å². The summed E-state index contributed by atoms with van der Waals surface area (Å²) in [7, 11) is -3.81. The van der Waals surface area contributed by atoms with Gasteiger partial charge in [-0.2, -0.15) is 4.31 Å². The molecule has 1 atom stereocenters. The van der Waals surface area contributed by atoms with Gasteiger partial charge in [-0.15, -0.1) is 0 Å². The smallest absolute Gasteiger partial charge is 0.338 e. The number of anilines is 1. The van der Waals surface area contributed by atoms with E-state index in [1.165, 1.54) is 22.5 Å². The summed E-state index contributed by atoms with van der Waals surface area (Å²) < 4.78 is 37.9. The maximum atomic E-state index is 13.1. The molecule has 0 unspecified atom stereocenters. The Labute approximate surface area is 198 Å². The number of esters is 1. The van der Waals surface area contributed by atoms with Crippen molar-refractivity contribution in [2.75, 3.05) is 31.6 Å². The van der Waals surface area contributed by atoms with Gasteiger partial charge in [-0.1, -0.05) is 11.6 Å². The zero-order valence-corrected chi connectivity index (χ0v) is 20.1. The molecule has 1 fully saturated rings. The average molecular weight is 495 g/mol. The van der Waals surface area contributed by atoms with E-state index in [4.69, 9.17) is 21.1 Å². The van der Waals surface area contributed by atoms with Crippen LogP contribution < -0.4 is 10.1 Å². The van der Waals surface area contributed by atoms with Crippen LogP contribution in [0.5, 0.6) is 5.75 Å². The molecule has 1 aliphatic rings. The van der Waals surface area contributed by atoms with Crippen molar-refractivity contribution in [3.63, 3.8) is 0 Å². The average Bonchev–Trinajstić information content (AvgIpc) is 2.81. The summed E-state index contributed by atoms with van der Waals surface area (Å²) in [6.45, 7) is 4.63. The van der Waals surface area contributed by atoms with Crippen LogP contribution in [0.4, 0.5) is 5.69 Å². The van der Waals surface area contributed by atoms with Crippen LogP contribution in [0, 0.1) is 5.92 Å². The van der Waals surface area contributed by atoms with Gasteiger partial charge in [0.2, 0.25) is 15.9 Å². The van der Waals surface area contributed by atoms with Gasteiger partial charge >= 0.3 is 5.97 Å². The molecule has 0 spiro atoms. The molecule has 0 saturated carbocycles. The summed E-state index contributed by atoms with van der Waals surface area (Å²) in [5.41, 5.74) is 0.908. The van der Waals surface area contributed by atoms with E-state index in [9.17, 15) is 18.0 Å². The van der Waals surface area contributed by atoms with Crippen LogP contribution in [0.25, 0.3) is 0 Å². The fourth-order valence-electron chi connectivity index (χ4n) is 3.59. The molecule has 2 aromatic carbocycles. The second kappa shape index (κ2) is 11.0. The Balaban J connectivity index is 1.67. The van der Waals surface area contributed by atoms with Crippen LogP contribution in [0.3, 0.4) is 0 Å². The van der Waals surface area contributed by atoms with E-state index in [-0.39, 0.29) is 29.0 Å². The molecule has 0 radical (unpaired) electrons. The minimum atomic E-state index is -3.81. The van der Waals surface area contributed by atoms with Crippen molar-refractivity contribution < 1.29 is 27.5 Å². The monoisotopic (exact) mass is 494 g/mol. The molecule has 178 valence electrons. The predicted octanol–water partition coefficient (Wildman–Crippen LogP) is 3.95. The van der Waals surface area contributed by atoms with Gasteiger partial charge in [0, 0.05) is 18.8 Å². The first-order chi connectivity index (χ1) is 15.8. The molecule has 2 aromatic rings. The lowest BCUT2D eigenvalue weighted by molar-refractivity contribution is -0.120. The summed E-state index contributed by atoms with van der Waals surface area (Å²) >= 11 is 6.17. The first-order valence-electron chi connectivity index (χ1n) is 10.8. The number of carbonyl (C=O) groups is 2. The molecule has 1 aliphatic heterocycles. The van der Waals surface area contributed by atoms with E-state index in [1.807, 2.05) is 6.92 Å².